The Morgan fingerprint density at radius 3 is 1.66 bits per heavy atom. The van der Waals surface area contributed by atoms with E-state index < -0.39 is 0 Å². The highest BCUT2D eigenvalue weighted by atomic mass is 14.4. The summed E-state index contributed by atoms with van der Waals surface area (Å²) in [5, 5.41) is 0. The van der Waals surface area contributed by atoms with Crippen molar-refractivity contribution >= 4 is 0 Å². The molecule has 0 heterocycles. The molecule has 0 aromatic carbocycles. The van der Waals surface area contributed by atoms with Gasteiger partial charge in [-0.15, -0.1) is 6.58 Å². The van der Waals surface area contributed by atoms with Crippen molar-refractivity contribution in [1.82, 2.24) is 0 Å². The number of allylic oxidation sites excluding steroid dienone is 3. The second kappa shape index (κ2) is 13.0. The van der Waals surface area contributed by atoms with Crippen LogP contribution in [0.3, 0.4) is 0 Å². The summed E-state index contributed by atoms with van der Waals surface area (Å²) in [6, 6.07) is 0. The maximum absolute atomic E-state index is 3.88. The predicted octanol–water partition coefficient (Wildman–Crippen LogP) is 9.51. The Hall–Kier alpha value is -0.520. The van der Waals surface area contributed by atoms with Gasteiger partial charge in [-0.25, -0.2) is 0 Å². The Morgan fingerprint density at radius 2 is 1.10 bits per heavy atom. The molecule has 0 aromatic heterocycles. The van der Waals surface area contributed by atoms with E-state index in [9.17, 15) is 0 Å². The molecule has 0 unspecified atom stereocenters. The van der Waals surface area contributed by atoms with E-state index in [2.05, 4.69) is 31.7 Å². The molecule has 3 aliphatic rings. The highest BCUT2D eigenvalue weighted by Crippen LogP contribution is 2.42. The summed E-state index contributed by atoms with van der Waals surface area (Å²) in [5.41, 5.74) is 0. The van der Waals surface area contributed by atoms with Gasteiger partial charge in [-0.1, -0.05) is 76.5 Å². The fraction of sp³-hybridized carbons (Fsp3) is 0.862. The van der Waals surface area contributed by atoms with Crippen molar-refractivity contribution in [2.24, 2.45) is 35.5 Å². The maximum atomic E-state index is 3.88. The van der Waals surface area contributed by atoms with Crippen molar-refractivity contribution in [3.8, 4) is 0 Å². The third kappa shape index (κ3) is 7.91. The second-order valence-electron chi connectivity index (χ2n) is 11.0. The van der Waals surface area contributed by atoms with E-state index in [0.717, 1.165) is 35.5 Å². The third-order valence-corrected chi connectivity index (χ3v) is 8.97. The molecule has 0 aromatic rings. The van der Waals surface area contributed by atoms with Gasteiger partial charge in [0, 0.05) is 0 Å². The number of hydrogen-bond acceptors (Lipinski definition) is 0. The molecule has 0 radical (unpaired) electrons. The lowest BCUT2D eigenvalue weighted by molar-refractivity contribution is 0.152. The number of rotatable bonds is 10. The zero-order chi connectivity index (χ0) is 20.3. The van der Waals surface area contributed by atoms with Crippen LogP contribution in [0, 0.1) is 35.5 Å². The lowest BCUT2D eigenvalue weighted by atomic mass is 9.68. The first-order chi connectivity index (χ1) is 14.3. The SMILES string of the molecule is C=CCCC1CCC(CC/C=C/C2CCC(C3CCC(CCC)CC3)CC2)CC1. The first-order valence-corrected chi connectivity index (χ1v) is 13.6. The first-order valence-electron chi connectivity index (χ1n) is 13.6. The molecule has 0 nitrogen and oxygen atoms in total. The quantitative estimate of drug-likeness (QED) is 0.321. The van der Waals surface area contributed by atoms with Crippen LogP contribution in [0.1, 0.15) is 122 Å². The van der Waals surface area contributed by atoms with Gasteiger partial charge >= 0.3 is 0 Å². The first kappa shape index (κ1) is 23.1. The molecule has 3 aliphatic carbocycles. The van der Waals surface area contributed by atoms with E-state index in [1.165, 1.54) is 103 Å². The lowest BCUT2D eigenvalue weighted by Gasteiger charge is -2.37. The molecule has 0 spiro atoms. The Kier molecular flexibility index (Phi) is 10.4. The molecule has 0 saturated heterocycles. The summed E-state index contributed by atoms with van der Waals surface area (Å²) in [7, 11) is 0. The minimum absolute atomic E-state index is 0.900. The minimum atomic E-state index is 0.900. The molecule has 0 bridgehead atoms. The van der Waals surface area contributed by atoms with Gasteiger partial charge in [0.2, 0.25) is 0 Å². The zero-order valence-electron chi connectivity index (χ0n) is 19.6. The van der Waals surface area contributed by atoms with Crippen molar-refractivity contribution < 1.29 is 0 Å². The topological polar surface area (TPSA) is 0 Å². The van der Waals surface area contributed by atoms with Crippen molar-refractivity contribution in [2.45, 2.75) is 122 Å². The average molecular weight is 399 g/mol. The van der Waals surface area contributed by atoms with E-state index in [-0.39, 0.29) is 0 Å². The summed E-state index contributed by atoms with van der Waals surface area (Å²) >= 11 is 0. The molecule has 3 rings (SSSR count). The highest BCUT2D eigenvalue weighted by molar-refractivity contribution is 4.93. The molecule has 3 fully saturated rings. The molecular formula is C29H50. The van der Waals surface area contributed by atoms with Gasteiger partial charge in [-0.2, -0.15) is 0 Å². The molecule has 3 saturated carbocycles. The number of hydrogen-bond donors (Lipinski definition) is 0. The molecule has 0 heteroatoms. The predicted molar refractivity (Wildman–Crippen MR) is 129 cm³/mol. The van der Waals surface area contributed by atoms with Gasteiger partial charge in [0.25, 0.3) is 0 Å². The summed E-state index contributed by atoms with van der Waals surface area (Å²) in [4.78, 5) is 0. The van der Waals surface area contributed by atoms with Gasteiger partial charge in [0.05, 0.1) is 0 Å². The molecule has 166 valence electrons. The van der Waals surface area contributed by atoms with Crippen LogP contribution < -0.4 is 0 Å². The largest absolute Gasteiger partial charge is 0.103 e. The Morgan fingerprint density at radius 1 is 0.621 bits per heavy atom. The highest BCUT2D eigenvalue weighted by Gasteiger charge is 2.30. The van der Waals surface area contributed by atoms with Crippen LogP contribution in [0.4, 0.5) is 0 Å². The standard InChI is InChI=1S/C29H50/c1-3-5-9-25-12-14-26(15-13-25)10-6-7-11-27-18-22-29(23-19-27)28-20-16-24(8-4-2)17-21-28/h3,7,11,24-29H,1,4-6,8-10,12-23H2,2H3/b11-7+. The van der Waals surface area contributed by atoms with Gasteiger partial charge in [-0.3, -0.25) is 0 Å². The molecule has 0 amide bonds. The molecule has 0 atom stereocenters. The van der Waals surface area contributed by atoms with Crippen molar-refractivity contribution in [3.63, 3.8) is 0 Å². The Labute approximate surface area is 183 Å². The van der Waals surface area contributed by atoms with Crippen molar-refractivity contribution in [3.05, 3.63) is 24.8 Å². The Bertz CT molecular complexity index is 450. The van der Waals surface area contributed by atoms with E-state index in [1.807, 2.05) is 0 Å². The fourth-order valence-corrected chi connectivity index (χ4v) is 6.95. The third-order valence-electron chi connectivity index (χ3n) is 8.97. The summed E-state index contributed by atoms with van der Waals surface area (Å²) in [6.07, 6.45) is 33.6. The van der Waals surface area contributed by atoms with E-state index in [1.54, 1.807) is 12.8 Å². The van der Waals surface area contributed by atoms with Crippen LogP contribution in [0.5, 0.6) is 0 Å². The van der Waals surface area contributed by atoms with Crippen LogP contribution in [-0.2, 0) is 0 Å². The lowest BCUT2D eigenvalue weighted by Crippen LogP contribution is -2.25. The maximum Gasteiger partial charge on any atom is -0.0233 e. The minimum Gasteiger partial charge on any atom is -0.103 e. The van der Waals surface area contributed by atoms with Gasteiger partial charge < -0.3 is 0 Å². The fourth-order valence-electron chi connectivity index (χ4n) is 6.95. The van der Waals surface area contributed by atoms with Crippen LogP contribution in [0.25, 0.3) is 0 Å². The van der Waals surface area contributed by atoms with Gasteiger partial charge in [0.15, 0.2) is 0 Å². The summed E-state index contributed by atoms with van der Waals surface area (Å²) in [6.45, 7) is 6.24. The van der Waals surface area contributed by atoms with Crippen LogP contribution in [-0.4, -0.2) is 0 Å². The monoisotopic (exact) mass is 398 g/mol. The molecular weight excluding hydrogens is 348 g/mol. The molecule has 0 aliphatic heterocycles. The molecule has 0 N–H and O–H groups in total. The Balaban J connectivity index is 1.25. The van der Waals surface area contributed by atoms with E-state index in [4.69, 9.17) is 0 Å². The van der Waals surface area contributed by atoms with Crippen molar-refractivity contribution in [2.75, 3.05) is 0 Å². The van der Waals surface area contributed by atoms with E-state index >= 15 is 0 Å². The normalized spacial score (nSPS) is 36.3. The van der Waals surface area contributed by atoms with Crippen molar-refractivity contribution in [1.29, 1.82) is 0 Å². The summed E-state index contributed by atoms with van der Waals surface area (Å²) in [5.74, 6) is 6.12. The van der Waals surface area contributed by atoms with Crippen LogP contribution in [0.2, 0.25) is 0 Å². The average Bonchev–Trinajstić information content (AvgIpc) is 2.77. The van der Waals surface area contributed by atoms with Crippen LogP contribution >= 0.6 is 0 Å². The van der Waals surface area contributed by atoms with E-state index in [0.29, 0.717) is 0 Å². The van der Waals surface area contributed by atoms with Gasteiger partial charge in [0.1, 0.15) is 0 Å². The smallest absolute Gasteiger partial charge is 0.0233 e. The van der Waals surface area contributed by atoms with Crippen LogP contribution in [0.15, 0.2) is 24.8 Å². The second-order valence-corrected chi connectivity index (χ2v) is 11.0. The summed E-state index contributed by atoms with van der Waals surface area (Å²) < 4.78 is 0. The molecule has 29 heavy (non-hydrogen) atoms. The van der Waals surface area contributed by atoms with Gasteiger partial charge in [-0.05, 0) is 99.7 Å². The zero-order valence-corrected chi connectivity index (χ0v) is 19.6.